The van der Waals surface area contributed by atoms with E-state index in [-0.39, 0.29) is 12.7 Å². The van der Waals surface area contributed by atoms with E-state index in [4.69, 9.17) is 14.6 Å². The number of benzene rings is 1. The van der Waals surface area contributed by atoms with Crippen molar-refractivity contribution in [3.8, 4) is 5.75 Å². The Morgan fingerprint density at radius 3 is 2.84 bits per heavy atom. The molecule has 1 heterocycles. The van der Waals surface area contributed by atoms with Crippen molar-refractivity contribution in [2.24, 2.45) is 0 Å². The van der Waals surface area contributed by atoms with E-state index in [9.17, 15) is 0 Å². The molecule has 0 radical (unpaired) electrons. The second-order valence-electron chi connectivity index (χ2n) is 4.81. The number of nitrogens with zero attached hydrogens (tertiary/aromatic N) is 1. The number of morpholine rings is 1. The van der Waals surface area contributed by atoms with Crippen LogP contribution in [0.25, 0.3) is 0 Å². The maximum absolute atomic E-state index is 8.86. The van der Waals surface area contributed by atoms with E-state index >= 15 is 0 Å². The van der Waals surface area contributed by atoms with Crippen LogP contribution in [0.2, 0.25) is 0 Å². The van der Waals surface area contributed by atoms with E-state index in [1.165, 1.54) is 0 Å². The maximum Gasteiger partial charge on any atom is 0.119 e. The predicted octanol–water partition coefficient (Wildman–Crippen LogP) is 1.32. The number of likely N-dealkylation sites (N-methyl/N-ethyl adjacent to an activating group) is 1. The van der Waals surface area contributed by atoms with Crippen molar-refractivity contribution in [3.05, 3.63) is 29.8 Å². The predicted molar refractivity (Wildman–Crippen MR) is 74.6 cm³/mol. The highest BCUT2D eigenvalue weighted by molar-refractivity contribution is 5.27. The van der Waals surface area contributed by atoms with Gasteiger partial charge in [-0.2, -0.15) is 0 Å². The fourth-order valence-electron chi connectivity index (χ4n) is 2.24. The average Bonchev–Trinajstić information content (AvgIpc) is 2.47. The van der Waals surface area contributed by atoms with Crippen molar-refractivity contribution >= 4 is 0 Å². The lowest BCUT2D eigenvalue weighted by Crippen LogP contribution is -2.44. The first-order chi connectivity index (χ1) is 9.31. The van der Waals surface area contributed by atoms with Gasteiger partial charge in [-0.15, -0.1) is 0 Å². The van der Waals surface area contributed by atoms with Crippen molar-refractivity contribution < 1.29 is 14.6 Å². The maximum atomic E-state index is 8.86. The van der Waals surface area contributed by atoms with Crippen LogP contribution in [0.4, 0.5) is 0 Å². The monoisotopic (exact) mass is 265 g/mol. The Labute approximate surface area is 114 Å². The molecular weight excluding hydrogens is 242 g/mol. The second-order valence-corrected chi connectivity index (χ2v) is 4.81. The SMILES string of the molecule is CCN1CCOC(COc2ccc(CCO)cc2)C1. The Morgan fingerprint density at radius 2 is 2.16 bits per heavy atom. The number of ether oxygens (including phenoxy) is 2. The molecule has 1 unspecified atom stereocenters. The highest BCUT2D eigenvalue weighted by Crippen LogP contribution is 2.14. The molecule has 19 heavy (non-hydrogen) atoms. The van der Waals surface area contributed by atoms with Crippen molar-refractivity contribution in [3.63, 3.8) is 0 Å². The van der Waals surface area contributed by atoms with Crippen LogP contribution in [0.3, 0.4) is 0 Å². The van der Waals surface area contributed by atoms with Gasteiger partial charge in [0.05, 0.1) is 6.61 Å². The van der Waals surface area contributed by atoms with E-state index < -0.39 is 0 Å². The van der Waals surface area contributed by atoms with E-state index in [1.807, 2.05) is 24.3 Å². The second kappa shape index (κ2) is 7.48. The van der Waals surface area contributed by atoms with Crippen molar-refractivity contribution in [2.75, 3.05) is 39.5 Å². The van der Waals surface area contributed by atoms with Crippen molar-refractivity contribution in [1.29, 1.82) is 0 Å². The zero-order valence-corrected chi connectivity index (χ0v) is 11.5. The third-order valence-corrected chi connectivity index (χ3v) is 3.43. The average molecular weight is 265 g/mol. The van der Waals surface area contributed by atoms with Gasteiger partial charge in [0.1, 0.15) is 18.5 Å². The molecule has 106 valence electrons. The van der Waals surface area contributed by atoms with Gasteiger partial charge in [0.25, 0.3) is 0 Å². The fourth-order valence-corrected chi connectivity index (χ4v) is 2.24. The Hall–Kier alpha value is -1.10. The number of aliphatic hydroxyl groups excluding tert-OH is 1. The third kappa shape index (κ3) is 4.49. The lowest BCUT2D eigenvalue weighted by atomic mass is 10.1. The van der Waals surface area contributed by atoms with Gasteiger partial charge in [0.2, 0.25) is 0 Å². The van der Waals surface area contributed by atoms with E-state index in [0.717, 1.165) is 37.6 Å². The Balaban J connectivity index is 1.78. The molecule has 4 nitrogen and oxygen atoms in total. The third-order valence-electron chi connectivity index (χ3n) is 3.43. The highest BCUT2D eigenvalue weighted by Gasteiger charge is 2.19. The summed E-state index contributed by atoms with van der Waals surface area (Å²) in [5.41, 5.74) is 1.13. The quantitative estimate of drug-likeness (QED) is 0.842. The smallest absolute Gasteiger partial charge is 0.119 e. The molecular formula is C15H23NO3. The molecule has 1 fully saturated rings. The molecule has 1 N–H and O–H groups in total. The van der Waals surface area contributed by atoms with Gasteiger partial charge in [-0.05, 0) is 30.7 Å². The summed E-state index contributed by atoms with van der Waals surface area (Å²) in [5.74, 6) is 0.860. The largest absolute Gasteiger partial charge is 0.491 e. The first-order valence-electron chi connectivity index (χ1n) is 6.98. The van der Waals surface area contributed by atoms with Crippen LogP contribution in [0, 0.1) is 0 Å². The Kier molecular flexibility index (Phi) is 5.63. The molecule has 1 aromatic rings. The molecule has 1 aromatic carbocycles. The van der Waals surface area contributed by atoms with Crippen molar-refractivity contribution in [2.45, 2.75) is 19.4 Å². The highest BCUT2D eigenvalue weighted by atomic mass is 16.5. The number of aliphatic hydroxyl groups is 1. The summed E-state index contributed by atoms with van der Waals surface area (Å²) >= 11 is 0. The molecule has 0 amide bonds. The summed E-state index contributed by atoms with van der Waals surface area (Å²) in [6.45, 7) is 6.76. The zero-order valence-electron chi connectivity index (χ0n) is 11.5. The fraction of sp³-hybridized carbons (Fsp3) is 0.600. The standard InChI is InChI=1S/C15H23NO3/c1-2-16-8-10-18-15(11-16)12-19-14-5-3-13(4-6-14)7-9-17/h3-6,15,17H,2,7-12H2,1H3. The van der Waals surface area contributed by atoms with Gasteiger partial charge < -0.3 is 14.6 Å². The molecule has 0 bridgehead atoms. The summed E-state index contributed by atoms with van der Waals surface area (Å²) in [4.78, 5) is 2.38. The van der Waals surface area contributed by atoms with Crippen LogP contribution < -0.4 is 4.74 Å². The van der Waals surface area contributed by atoms with Crippen LogP contribution in [-0.4, -0.2) is 55.6 Å². The van der Waals surface area contributed by atoms with Crippen LogP contribution >= 0.6 is 0 Å². The van der Waals surface area contributed by atoms with Crippen LogP contribution in [0.5, 0.6) is 5.75 Å². The van der Waals surface area contributed by atoms with Gasteiger partial charge in [-0.1, -0.05) is 19.1 Å². The molecule has 0 saturated carbocycles. The lowest BCUT2D eigenvalue weighted by molar-refractivity contribution is -0.0464. The molecule has 0 aromatic heterocycles. The molecule has 1 aliphatic heterocycles. The van der Waals surface area contributed by atoms with Crippen molar-refractivity contribution in [1.82, 2.24) is 4.90 Å². The molecule has 1 atom stereocenters. The first kappa shape index (κ1) is 14.3. The number of hydrogen-bond donors (Lipinski definition) is 1. The molecule has 4 heteroatoms. The minimum atomic E-state index is 0.158. The summed E-state index contributed by atoms with van der Waals surface area (Å²) in [7, 11) is 0. The first-order valence-corrected chi connectivity index (χ1v) is 6.98. The summed E-state index contributed by atoms with van der Waals surface area (Å²) in [5, 5.41) is 8.86. The molecule has 0 aliphatic carbocycles. The van der Waals surface area contributed by atoms with Gasteiger partial charge >= 0.3 is 0 Å². The van der Waals surface area contributed by atoms with E-state index in [0.29, 0.717) is 13.0 Å². The Bertz CT molecular complexity index is 366. The Morgan fingerprint density at radius 1 is 1.37 bits per heavy atom. The minimum absolute atomic E-state index is 0.158. The summed E-state index contributed by atoms with van der Waals surface area (Å²) < 4.78 is 11.5. The minimum Gasteiger partial charge on any atom is -0.491 e. The van der Waals surface area contributed by atoms with Gasteiger partial charge in [0.15, 0.2) is 0 Å². The molecule has 1 saturated heterocycles. The van der Waals surface area contributed by atoms with Crippen LogP contribution in [-0.2, 0) is 11.2 Å². The molecule has 1 aliphatic rings. The normalized spacial score (nSPS) is 20.4. The number of rotatable bonds is 6. The molecule has 0 spiro atoms. The zero-order chi connectivity index (χ0) is 13.5. The van der Waals surface area contributed by atoms with Crippen LogP contribution in [0.1, 0.15) is 12.5 Å². The van der Waals surface area contributed by atoms with Gasteiger partial charge in [-0.25, -0.2) is 0 Å². The van der Waals surface area contributed by atoms with E-state index in [2.05, 4.69) is 11.8 Å². The summed E-state index contributed by atoms with van der Waals surface area (Å²) in [6.07, 6.45) is 0.850. The van der Waals surface area contributed by atoms with Gasteiger partial charge in [0, 0.05) is 19.7 Å². The van der Waals surface area contributed by atoms with Gasteiger partial charge in [-0.3, -0.25) is 4.90 Å². The lowest BCUT2D eigenvalue weighted by Gasteiger charge is -2.31. The molecule has 2 rings (SSSR count). The summed E-state index contributed by atoms with van der Waals surface area (Å²) in [6, 6.07) is 7.88. The number of hydrogen-bond acceptors (Lipinski definition) is 4. The van der Waals surface area contributed by atoms with E-state index in [1.54, 1.807) is 0 Å². The topological polar surface area (TPSA) is 41.9 Å². The van der Waals surface area contributed by atoms with Crippen LogP contribution in [0.15, 0.2) is 24.3 Å².